The third-order valence-electron chi connectivity index (χ3n) is 5.08. The number of carboxylic acids is 1. The molecule has 0 unspecified atom stereocenters. The lowest BCUT2D eigenvalue weighted by molar-refractivity contribution is -0.150. The summed E-state index contributed by atoms with van der Waals surface area (Å²) in [6, 6.07) is 5.56. The summed E-state index contributed by atoms with van der Waals surface area (Å²) in [5, 5.41) is 18.2. The molecule has 4 heterocycles. The summed E-state index contributed by atoms with van der Waals surface area (Å²) < 4.78 is 3.19. The van der Waals surface area contributed by atoms with Gasteiger partial charge in [-0.2, -0.15) is 10.2 Å². The number of pyridine rings is 1. The van der Waals surface area contributed by atoms with Crippen LogP contribution in [0.1, 0.15) is 28.8 Å². The van der Waals surface area contributed by atoms with Gasteiger partial charge in [-0.15, -0.1) is 0 Å². The summed E-state index contributed by atoms with van der Waals surface area (Å²) in [7, 11) is 0. The number of amides is 1. The summed E-state index contributed by atoms with van der Waals surface area (Å²) in [5.41, 5.74) is 1.08. The van der Waals surface area contributed by atoms with Crippen molar-refractivity contribution in [1.29, 1.82) is 0 Å². The number of piperidine rings is 1. The minimum absolute atomic E-state index is 0.123. The van der Waals surface area contributed by atoms with Crippen LogP contribution in [0.2, 0.25) is 0 Å². The molecule has 8 nitrogen and oxygen atoms in total. The predicted molar refractivity (Wildman–Crippen MR) is 92.9 cm³/mol. The molecular formula is C18H19N5O3. The molecule has 0 atom stereocenters. The molecule has 3 aromatic rings. The van der Waals surface area contributed by atoms with Gasteiger partial charge in [0, 0.05) is 38.3 Å². The summed E-state index contributed by atoms with van der Waals surface area (Å²) >= 11 is 0. The maximum Gasteiger partial charge on any atom is 0.331 e. The second kappa shape index (κ2) is 5.98. The lowest BCUT2D eigenvalue weighted by atomic mass is 9.87. The molecule has 1 amide bonds. The first kappa shape index (κ1) is 16.3. The van der Waals surface area contributed by atoms with Gasteiger partial charge in [0.1, 0.15) is 0 Å². The number of fused-ring (bicyclic) bond motifs is 1. The molecule has 1 N–H and O–H groups in total. The number of likely N-dealkylation sites (tertiary alicyclic amines) is 1. The summed E-state index contributed by atoms with van der Waals surface area (Å²) in [4.78, 5) is 26.6. The van der Waals surface area contributed by atoms with E-state index in [1.165, 1.54) is 4.68 Å². The highest BCUT2D eigenvalue weighted by Crippen LogP contribution is 2.31. The van der Waals surface area contributed by atoms with Crippen molar-refractivity contribution in [2.45, 2.75) is 25.3 Å². The van der Waals surface area contributed by atoms with E-state index < -0.39 is 11.5 Å². The number of hydrogen-bond donors (Lipinski definition) is 1. The lowest BCUT2D eigenvalue weighted by Gasteiger charge is -2.38. The SMILES string of the molecule is Cc1cnn(C2(C(=O)O)CCN(C(=O)c3cnn4ccccc34)CC2)c1. The highest BCUT2D eigenvalue weighted by molar-refractivity contribution is 6.00. The molecule has 1 aliphatic heterocycles. The Morgan fingerprint density at radius 1 is 1.15 bits per heavy atom. The average molecular weight is 353 g/mol. The zero-order valence-corrected chi connectivity index (χ0v) is 14.4. The normalized spacial score (nSPS) is 16.7. The van der Waals surface area contributed by atoms with Crippen molar-refractivity contribution < 1.29 is 14.7 Å². The van der Waals surface area contributed by atoms with Gasteiger partial charge < -0.3 is 10.0 Å². The van der Waals surface area contributed by atoms with Crippen LogP contribution in [0.3, 0.4) is 0 Å². The molecule has 0 aromatic carbocycles. The number of aliphatic carboxylic acids is 1. The van der Waals surface area contributed by atoms with E-state index >= 15 is 0 Å². The highest BCUT2D eigenvalue weighted by atomic mass is 16.4. The van der Waals surface area contributed by atoms with Crippen molar-refractivity contribution in [2.24, 2.45) is 0 Å². The van der Waals surface area contributed by atoms with Gasteiger partial charge in [0.25, 0.3) is 5.91 Å². The second-order valence-corrected chi connectivity index (χ2v) is 6.68. The van der Waals surface area contributed by atoms with Gasteiger partial charge in [0.2, 0.25) is 0 Å². The number of aromatic nitrogens is 4. The van der Waals surface area contributed by atoms with Crippen LogP contribution < -0.4 is 0 Å². The van der Waals surface area contributed by atoms with Crippen LogP contribution in [0.25, 0.3) is 5.52 Å². The Morgan fingerprint density at radius 2 is 1.92 bits per heavy atom. The molecule has 134 valence electrons. The number of carbonyl (C=O) groups is 2. The van der Waals surface area contributed by atoms with Crippen LogP contribution in [0.5, 0.6) is 0 Å². The second-order valence-electron chi connectivity index (χ2n) is 6.68. The first-order valence-corrected chi connectivity index (χ1v) is 8.48. The molecule has 8 heteroatoms. The van der Waals surface area contributed by atoms with Gasteiger partial charge in [-0.25, -0.2) is 9.31 Å². The van der Waals surface area contributed by atoms with Gasteiger partial charge in [0.15, 0.2) is 5.54 Å². The van der Waals surface area contributed by atoms with Crippen LogP contribution in [0.15, 0.2) is 43.0 Å². The van der Waals surface area contributed by atoms with Crippen LogP contribution in [-0.2, 0) is 10.3 Å². The Bertz CT molecular complexity index is 982. The minimum atomic E-state index is -1.11. The van der Waals surface area contributed by atoms with E-state index in [-0.39, 0.29) is 5.91 Å². The molecule has 0 saturated carbocycles. The van der Waals surface area contributed by atoms with Crippen molar-refractivity contribution in [3.05, 3.63) is 54.1 Å². The van der Waals surface area contributed by atoms with Crippen LogP contribution in [-0.4, -0.2) is 54.4 Å². The molecule has 0 bridgehead atoms. The Kier molecular flexibility index (Phi) is 3.75. The van der Waals surface area contributed by atoms with Gasteiger partial charge in [-0.3, -0.25) is 9.48 Å². The van der Waals surface area contributed by atoms with E-state index in [9.17, 15) is 14.7 Å². The van der Waals surface area contributed by atoms with E-state index in [2.05, 4.69) is 10.2 Å². The first-order valence-electron chi connectivity index (χ1n) is 8.48. The lowest BCUT2D eigenvalue weighted by Crippen LogP contribution is -2.52. The number of carbonyl (C=O) groups excluding carboxylic acids is 1. The van der Waals surface area contributed by atoms with Crippen LogP contribution in [0.4, 0.5) is 0 Å². The third kappa shape index (κ3) is 2.45. The van der Waals surface area contributed by atoms with E-state index in [0.29, 0.717) is 31.5 Å². The van der Waals surface area contributed by atoms with Gasteiger partial charge in [-0.05, 0) is 24.6 Å². The Labute approximate surface area is 149 Å². The molecule has 0 spiro atoms. The fourth-order valence-corrected chi connectivity index (χ4v) is 3.54. The number of nitrogens with zero attached hydrogens (tertiary/aromatic N) is 5. The molecule has 1 fully saturated rings. The van der Waals surface area contributed by atoms with Crippen LogP contribution >= 0.6 is 0 Å². The minimum Gasteiger partial charge on any atom is -0.479 e. The largest absolute Gasteiger partial charge is 0.479 e. The Morgan fingerprint density at radius 3 is 2.58 bits per heavy atom. The van der Waals surface area contributed by atoms with E-state index in [1.807, 2.05) is 25.1 Å². The van der Waals surface area contributed by atoms with Crippen molar-refractivity contribution in [1.82, 2.24) is 24.3 Å². The van der Waals surface area contributed by atoms with Crippen molar-refractivity contribution in [3.8, 4) is 0 Å². The van der Waals surface area contributed by atoms with E-state index in [1.54, 1.807) is 34.2 Å². The van der Waals surface area contributed by atoms with Gasteiger partial charge in [-0.1, -0.05) is 6.07 Å². The topological polar surface area (TPSA) is 92.7 Å². The summed E-state index contributed by atoms with van der Waals surface area (Å²) in [6.45, 7) is 2.59. The molecular weight excluding hydrogens is 334 g/mol. The smallest absolute Gasteiger partial charge is 0.331 e. The molecule has 3 aromatic heterocycles. The van der Waals surface area contributed by atoms with Crippen LogP contribution in [0, 0.1) is 6.92 Å². The molecule has 0 radical (unpaired) electrons. The first-order chi connectivity index (χ1) is 12.5. The number of hydrogen-bond acceptors (Lipinski definition) is 4. The summed E-state index contributed by atoms with van der Waals surface area (Å²) in [5.74, 6) is -1.04. The van der Waals surface area contributed by atoms with Crippen molar-refractivity contribution >= 4 is 17.4 Å². The van der Waals surface area contributed by atoms with Gasteiger partial charge in [0.05, 0.1) is 23.5 Å². The highest BCUT2D eigenvalue weighted by Gasteiger charge is 2.45. The maximum absolute atomic E-state index is 12.9. The van der Waals surface area contributed by atoms with Crippen molar-refractivity contribution in [2.75, 3.05) is 13.1 Å². The summed E-state index contributed by atoms with van der Waals surface area (Å²) in [6.07, 6.45) is 7.38. The molecule has 1 saturated heterocycles. The molecule has 4 rings (SSSR count). The van der Waals surface area contributed by atoms with E-state index in [0.717, 1.165) is 11.1 Å². The van der Waals surface area contributed by atoms with Gasteiger partial charge >= 0.3 is 5.97 Å². The zero-order valence-electron chi connectivity index (χ0n) is 14.4. The quantitative estimate of drug-likeness (QED) is 0.771. The standard InChI is InChI=1S/C18H19N5O3/c1-13-10-20-23(12-13)18(17(25)26)5-8-21(9-6-18)16(24)14-11-19-22-7-3-2-4-15(14)22/h2-4,7,10-12H,5-6,8-9H2,1H3,(H,25,26). The number of aryl methyl sites for hydroxylation is 1. The van der Waals surface area contributed by atoms with E-state index in [4.69, 9.17) is 0 Å². The maximum atomic E-state index is 12.9. The fourth-order valence-electron chi connectivity index (χ4n) is 3.54. The third-order valence-corrected chi connectivity index (χ3v) is 5.08. The molecule has 0 aliphatic carbocycles. The van der Waals surface area contributed by atoms with Crippen molar-refractivity contribution in [3.63, 3.8) is 0 Å². The molecule has 1 aliphatic rings. The fraction of sp³-hybridized carbons (Fsp3) is 0.333. The number of rotatable bonds is 3. The Balaban J connectivity index is 1.57. The average Bonchev–Trinajstić information content (AvgIpc) is 3.27. The molecule has 26 heavy (non-hydrogen) atoms. The monoisotopic (exact) mass is 353 g/mol. The predicted octanol–water partition coefficient (Wildman–Crippen LogP) is 1.56. The number of carboxylic acid groups (broad SMARTS) is 1. The Hall–Kier alpha value is -3.16. The zero-order chi connectivity index (χ0) is 18.3.